The number of likely N-dealkylation sites (N-methyl/N-ethyl adjacent to an activating group) is 1. The number of allylic oxidation sites excluding steroid dienone is 2. The van der Waals surface area contributed by atoms with Crippen LogP contribution in [-0.4, -0.2) is 7.05 Å². The fraction of sp³-hybridized carbons (Fsp3) is 0.143. The highest BCUT2D eigenvalue weighted by Gasteiger charge is 2.40. The van der Waals surface area contributed by atoms with Crippen LogP contribution in [0.25, 0.3) is 6.08 Å². The van der Waals surface area contributed by atoms with E-state index in [0.717, 1.165) is 16.6 Å². The molecule has 0 radical (unpaired) electrons. The first-order valence-corrected chi connectivity index (χ1v) is 13.6. The summed E-state index contributed by atoms with van der Waals surface area (Å²) < 4.78 is 6.58. The van der Waals surface area contributed by atoms with Crippen molar-refractivity contribution in [2.45, 2.75) is 19.3 Å². The van der Waals surface area contributed by atoms with Gasteiger partial charge in [0.1, 0.15) is 23.5 Å². The van der Waals surface area contributed by atoms with Gasteiger partial charge in [0, 0.05) is 35.0 Å². The molecule has 0 unspecified atom stereocenters. The van der Waals surface area contributed by atoms with Crippen LogP contribution in [0, 0.1) is 22.7 Å². The van der Waals surface area contributed by atoms with E-state index in [4.69, 9.17) is 26.9 Å². The van der Waals surface area contributed by atoms with Gasteiger partial charge < -0.3 is 9.42 Å². The third-order valence-corrected chi connectivity index (χ3v) is 9.28. The lowest BCUT2D eigenvalue weighted by molar-refractivity contribution is 0.619. The molecule has 0 N–H and O–H groups in total. The molecule has 168 valence electrons. The van der Waals surface area contributed by atoms with Crippen molar-refractivity contribution >= 4 is 35.1 Å². The normalized spacial score (nSPS) is 16.6. The zero-order valence-corrected chi connectivity index (χ0v) is 21.0. The lowest BCUT2D eigenvalue weighted by Crippen LogP contribution is -2.24. The highest BCUT2D eigenvalue weighted by Crippen LogP contribution is 2.55. The molecule has 4 nitrogen and oxygen atoms in total. The Bertz CT molecular complexity index is 1390. The second-order valence-electron chi connectivity index (χ2n) is 8.59. The summed E-state index contributed by atoms with van der Waals surface area (Å²) in [5, 5.41) is 19.0. The van der Waals surface area contributed by atoms with Crippen LogP contribution >= 0.6 is 6.26 Å². The Hall–Kier alpha value is -3.63. The zero-order valence-electron chi connectivity index (χ0n) is 19.3. The van der Waals surface area contributed by atoms with Gasteiger partial charge >= 0.3 is 0 Å². The molecule has 1 aliphatic rings. The maximum atomic E-state index is 9.00. The molecule has 0 fully saturated rings. The molecular weight excluding hydrogens is 457 g/mol. The largest absolute Gasteiger partial charge is 0.458 e. The summed E-state index contributed by atoms with van der Waals surface area (Å²) in [6.45, 7) is 4.43. The van der Waals surface area contributed by atoms with Gasteiger partial charge in [-0.05, 0) is 47.2 Å². The van der Waals surface area contributed by atoms with E-state index in [0.29, 0.717) is 5.75 Å². The molecular formula is C28H24N3OPS. The van der Waals surface area contributed by atoms with Crippen LogP contribution in [-0.2, 0) is 17.2 Å². The van der Waals surface area contributed by atoms with E-state index in [1.165, 1.54) is 11.3 Å². The molecule has 0 spiro atoms. The van der Waals surface area contributed by atoms with Crippen molar-refractivity contribution in [2.75, 3.05) is 11.9 Å². The van der Waals surface area contributed by atoms with Crippen molar-refractivity contribution in [3.05, 3.63) is 107 Å². The SMILES string of the molecule is CN1/C(=C/[P@@](=S)(Oc2ccc(C=C(C#N)C#N)cc2)c2ccccc2)C(C)(C)c2ccccc21. The molecule has 0 aromatic heterocycles. The van der Waals surface area contributed by atoms with Crippen molar-refractivity contribution in [1.29, 1.82) is 10.5 Å². The summed E-state index contributed by atoms with van der Waals surface area (Å²) in [5.41, 5.74) is 4.15. The summed E-state index contributed by atoms with van der Waals surface area (Å²) in [5.74, 6) is 2.79. The Kier molecular flexibility index (Phi) is 6.45. The van der Waals surface area contributed by atoms with Crippen molar-refractivity contribution < 1.29 is 4.52 Å². The van der Waals surface area contributed by atoms with Gasteiger partial charge in [-0.25, -0.2) is 0 Å². The van der Waals surface area contributed by atoms with Gasteiger partial charge in [0.15, 0.2) is 6.26 Å². The Labute approximate surface area is 206 Å². The van der Waals surface area contributed by atoms with Gasteiger partial charge in [0.25, 0.3) is 0 Å². The number of rotatable bonds is 5. The number of hydrogen-bond acceptors (Lipinski definition) is 5. The number of para-hydroxylation sites is 1. The second kappa shape index (κ2) is 9.32. The second-order valence-corrected chi connectivity index (χ2v) is 12.4. The van der Waals surface area contributed by atoms with Crippen LogP contribution in [0.15, 0.2) is 96.0 Å². The first kappa shape index (κ1) is 23.5. The average Bonchev–Trinajstić information content (AvgIpc) is 3.05. The smallest absolute Gasteiger partial charge is 0.166 e. The van der Waals surface area contributed by atoms with Gasteiger partial charge in [0.2, 0.25) is 0 Å². The molecule has 34 heavy (non-hydrogen) atoms. The van der Waals surface area contributed by atoms with Crippen molar-refractivity contribution in [3.8, 4) is 17.9 Å². The third kappa shape index (κ3) is 4.42. The number of benzene rings is 3. The summed E-state index contributed by atoms with van der Waals surface area (Å²) in [6, 6.07) is 29.5. The Morgan fingerprint density at radius 1 is 0.941 bits per heavy atom. The predicted octanol–water partition coefficient (Wildman–Crippen LogP) is 6.48. The molecule has 0 bridgehead atoms. The molecule has 6 heteroatoms. The summed E-state index contributed by atoms with van der Waals surface area (Å²) in [6.07, 6.45) is -1.09. The predicted molar refractivity (Wildman–Crippen MR) is 143 cm³/mol. The minimum absolute atomic E-state index is 0.0545. The van der Waals surface area contributed by atoms with E-state index in [9.17, 15) is 0 Å². The lowest BCUT2D eigenvalue weighted by atomic mass is 9.84. The third-order valence-electron chi connectivity index (χ3n) is 6.02. The first-order chi connectivity index (χ1) is 16.3. The van der Waals surface area contributed by atoms with Crippen LogP contribution < -0.4 is 14.7 Å². The van der Waals surface area contributed by atoms with Gasteiger partial charge in [-0.2, -0.15) is 10.5 Å². The van der Waals surface area contributed by atoms with Crippen molar-refractivity contribution in [2.24, 2.45) is 0 Å². The van der Waals surface area contributed by atoms with Crippen molar-refractivity contribution in [1.82, 2.24) is 0 Å². The molecule has 3 aromatic rings. The first-order valence-electron chi connectivity index (χ1n) is 10.8. The molecule has 0 saturated heterocycles. The fourth-order valence-corrected chi connectivity index (χ4v) is 7.29. The number of hydrogen-bond donors (Lipinski definition) is 0. The number of fused-ring (bicyclic) bond motifs is 1. The molecule has 0 aliphatic carbocycles. The van der Waals surface area contributed by atoms with Gasteiger partial charge in [-0.1, -0.05) is 74.5 Å². The number of nitriles is 2. The van der Waals surface area contributed by atoms with E-state index >= 15 is 0 Å². The highest BCUT2D eigenvalue weighted by molar-refractivity contribution is 8.17. The van der Waals surface area contributed by atoms with E-state index in [-0.39, 0.29) is 11.0 Å². The average molecular weight is 482 g/mol. The standard InChI is InChI=1S/C28H24N3OPS/c1-28(2)25-11-7-8-12-26(25)31(3)27(28)20-33(34,24-9-5-4-6-10-24)32-23-15-13-21(14-16-23)17-22(18-29)19-30/h4-17,20H,1-3H3/b27-20+/t33-/m0/s1. The molecule has 0 amide bonds. The summed E-state index contributed by atoms with van der Waals surface area (Å²) in [7, 11) is 2.08. The Morgan fingerprint density at radius 2 is 1.56 bits per heavy atom. The van der Waals surface area contributed by atoms with Crippen LogP contribution in [0.5, 0.6) is 5.75 Å². The Morgan fingerprint density at radius 3 is 2.18 bits per heavy atom. The van der Waals surface area contributed by atoms with Crippen LogP contribution in [0.4, 0.5) is 5.69 Å². The zero-order chi connectivity index (χ0) is 24.3. The van der Waals surface area contributed by atoms with E-state index < -0.39 is 6.26 Å². The fourth-order valence-electron chi connectivity index (χ4n) is 4.22. The minimum Gasteiger partial charge on any atom is -0.458 e. The van der Waals surface area contributed by atoms with Crippen LogP contribution in [0.3, 0.4) is 0 Å². The maximum Gasteiger partial charge on any atom is 0.166 e. The molecule has 4 rings (SSSR count). The van der Waals surface area contributed by atoms with E-state index in [2.05, 4.69) is 55.9 Å². The topological polar surface area (TPSA) is 60.0 Å². The van der Waals surface area contributed by atoms with E-state index in [1.54, 1.807) is 6.08 Å². The monoisotopic (exact) mass is 481 g/mol. The number of anilines is 1. The van der Waals surface area contributed by atoms with E-state index in [1.807, 2.05) is 66.7 Å². The lowest BCUT2D eigenvalue weighted by Gasteiger charge is -2.28. The minimum atomic E-state index is -2.63. The molecule has 1 aliphatic heterocycles. The molecule has 0 saturated carbocycles. The van der Waals surface area contributed by atoms with Crippen LogP contribution in [0.1, 0.15) is 25.0 Å². The summed E-state index contributed by atoms with van der Waals surface area (Å²) in [4.78, 5) is 2.21. The quantitative estimate of drug-likeness (QED) is 0.308. The molecule has 3 aromatic carbocycles. The molecule has 1 heterocycles. The van der Waals surface area contributed by atoms with Crippen molar-refractivity contribution in [3.63, 3.8) is 0 Å². The highest BCUT2D eigenvalue weighted by atomic mass is 32.4. The maximum absolute atomic E-state index is 9.00. The number of nitrogens with zero attached hydrogens (tertiary/aromatic N) is 3. The van der Waals surface area contributed by atoms with Gasteiger partial charge in [-0.15, -0.1) is 0 Å². The van der Waals surface area contributed by atoms with Crippen LogP contribution in [0.2, 0.25) is 0 Å². The Balaban J connectivity index is 1.77. The summed E-state index contributed by atoms with van der Waals surface area (Å²) >= 11 is 6.28. The molecule has 1 atom stereocenters. The van der Waals surface area contributed by atoms with Gasteiger partial charge in [0.05, 0.1) is 0 Å². The van der Waals surface area contributed by atoms with Gasteiger partial charge in [-0.3, -0.25) is 0 Å².